The zero-order chi connectivity index (χ0) is 12.1. The van der Waals surface area contributed by atoms with E-state index >= 15 is 0 Å². The van der Waals surface area contributed by atoms with Crippen LogP contribution in [0, 0.1) is 11.8 Å². The van der Waals surface area contributed by atoms with Crippen molar-refractivity contribution >= 4 is 15.9 Å². The summed E-state index contributed by atoms with van der Waals surface area (Å²) in [6.45, 7) is 1.24. The summed E-state index contributed by atoms with van der Waals surface area (Å²) in [5.41, 5.74) is 0. The van der Waals surface area contributed by atoms with Crippen molar-refractivity contribution in [3.63, 3.8) is 0 Å². The fraction of sp³-hybridized carbons (Fsp3) is 0.615. The summed E-state index contributed by atoms with van der Waals surface area (Å²) in [6.07, 6.45) is 5.15. The number of aliphatic hydroxyl groups excluding tert-OH is 1. The van der Waals surface area contributed by atoms with Crippen LogP contribution in [0.1, 0.15) is 25.7 Å². The molecule has 3 rings (SSSR count). The molecule has 1 aromatic rings. The van der Waals surface area contributed by atoms with Crippen LogP contribution in [0.5, 0.6) is 5.88 Å². The van der Waals surface area contributed by atoms with E-state index in [1.54, 1.807) is 0 Å². The molecular formula is C13H18BrNO2. The van der Waals surface area contributed by atoms with Gasteiger partial charge in [-0.2, -0.15) is 0 Å². The van der Waals surface area contributed by atoms with Gasteiger partial charge in [-0.25, -0.2) is 4.98 Å². The van der Waals surface area contributed by atoms with Gasteiger partial charge in [-0.3, -0.25) is 0 Å². The average molecular weight is 300 g/mol. The van der Waals surface area contributed by atoms with Crippen molar-refractivity contribution in [2.75, 3.05) is 13.2 Å². The fourth-order valence-electron chi connectivity index (χ4n) is 1.26. The Bertz CT molecular complexity index is 351. The summed E-state index contributed by atoms with van der Waals surface area (Å²) < 4.78 is 6.30. The molecule has 0 aromatic carbocycles. The molecule has 0 saturated heterocycles. The number of hydrogen-bond donors (Lipinski definition) is 1. The van der Waals surface area contributed by atoms with Gasteiger partial charge in [-0.1, -0.05) is 6.07 Å². The van der Waals surface area contributed by atoms with E-state index in [0.717, 1.165) is 23.0 Å². The third-order valence-electron chi connectivity index (χ3n) is 2.81. The van der Waals surface area contributed by atoms with E-state index in [9.17, 15) is 0 Å². The van der Waals surface area contributed by atoms with Gasteiger partial charge in [-0.15, -0.1) is 0 Å². The highest BCUT2D eigenvalue weighted by atomic mass is 79.9. The Kier molecular flexibility index (Phi) is 4.80. The SMILES string of the molecule is Brc1cccc(OCC2CC2)n1.OCC1CC1. The van der Waals surface area contributed by atoms with Gasteiger partial charge in [0.05, 0.1) is 6.61 Å². The van der Waals surface area contributed by atoms with Gasteiger partial charge >= 0.3 is 0 Å². The van der Waals surface area contributed by atoms with Crippen LogP contribution < -0.4 is 4.74 Å². The zero-order valence-electron chi connectivity index (χ0n) is 9.81. The van der Waals surface area contributed by atoms with Crippen LogP contribution in [-0.2, 0) is 0 Å². The zero-order valence-corrected chi connectivity index (χ0v) is 11.4. The van der Waals surface area contributed by atoms with Crippen LogP contribution in [0.2, 0.25) is 0 Å². The minimum atomic E-state index is 0.417. The van der Waals surface area contributed by atoms with Crippen LogP contribution >= 0.6 is 15.9 Å². The number of nitrogens with zero attached hydrogens (tertiary/aromatic N) is 1. The monoisotopic (exact) mass is 299 g/mol. The highest BCUT2D eigenvalue weighted by Gasteiger charge is 2.22. The molecule has 0 amide bonds. The second kappa shape index (κ2) is 6.36. The molecule has 1 heterocycles. The predicted molar refractivity (Wildman–Crippen MR) is 70.0 cm³/mol. The Hall–Kier alpha value is -0.610. The summed E-state index contributed by atoms with van der Waals surface area (Å²) in [7, 11) is 0. The van der Waals surface area contributed by atoms with Crippen LogP contribution in [-0.4, -0.2) is 23.3 Å². The molecular weight excluding hydrogens is 282 g/mol. The van der Waals surface area contributed by atoms with E-state index < -0.39 is 0 Å². The molecule has 2 fully saturated rings. The van der Waals surface area contributed by atoms with Crippen molar-refractivity contribution in [1.29, 1.82) is 0 Å². The van der Waals surface area contributed by atoms with E-state index in [1.165, 1.54) is 25.7 Å². The summed E-state index contributed by atoms with van der Waals surface area (Å²) in [4.78, 5) is 4.17. The highest BCUT2D eigenvalue weighted by molar-refractivity contribution is 9.10. The Morgan fingerprint density at radius 1 is 1.24 bits per heavy atom. The largest absolute Gasteiger partial charge is 0.477 e. The maximum Gasteiger partial charge on any atom is 0.214 e. The van der Waals surface area contributed by atoms with E-state index in [2.05, 4.69) is 20.9 Å². The highest BCUT2D eigenvalue weighted by Crippen LogP contribution is 2.29. The van der Waals surface area contributed by atoms with Crippen LogP contribution in [0.4, 0.5) is 0 Å². The second-order valence-electron chi connectivity index (χ2n) is 4.68. The molecule has 0 aliphatic heterocycles. The minimum absolute atomic E-state index is 0.417. The van der Waals surface area contributed by atoms with Crippen molar-refractivity contribution in [1.82, 2.24) is 4.98 Å². The molecule has 0 radical (unpaired) electrons. The normalized spacial score (nSPS) is 18.2. The molecule has 2 aliphatic rings. The number of halogens is 1. The number of aliphatic hydroxyl groups is 1. The number of hydrogen-bond acceptors (Lipinski definition) is 3. The average Bonchev–Trinajstić information content (AvgIpc) is 3.19. The van der Waals surface area contributed by atoms with Crippen molar-refractivity contribution in [3.05, 3.63) is 22.8 Å². The molecule has 2 aliphatic carbocycles. The summed E-state index contributed by atoms with van der Waals surface area (Å²) in [6, 6.07) is 5.70. The molecule has 0 atom stereocenters. The van der Waals surface area contributed by atoms with E-state index in [1.807, 2.05) is 18.2 Å². The van der Waals surface area contributed by atoms with E-state index in [0.29, 0.717) is 12.5 Å². The Morgan fingerprint density at radius 3 is 2.41 bits per heavy atom. The minimum Gasteiger partial charge on any atom is -0.477 e. The Labute approximate surface area is 110 Å². The van der Waals surface area contributed by atoms with Gasteiger partial charge in [0.25, 0.3) is 0 Å². The number of rotatable bonds is 4. The van der Waals surface area contributed by atoms with Crippen LogP contribution in [0.15, 0.2) is 22.8 Å². The third-order valence-corrected chi connectivity index (χ3v) is 3.25. The van der Waals surface area contributed by atoms with Crippen LogP contribution in [0.3, 0.4) is 0 Å². The molecule has 0 spiro atoms. The maximum absolute atomic E-state index is 8.21. The summed E-state index contributed by atoms with van der Waals surface area (Å²) in [5.74, 6) is 2.19. The third kappa shape index (κ3) is 5.50. The first-order valence-electron chi connectivity index (χ1n) is 6.14. The quantitative estimate of drug-likeness (QED) is 0.869. The van der Waals surface area contributed by atoms with Gasteiger partial charge < -0.3 is 9.84 Å². The van der Waals surface area contributed by atoms with Gasteiger partial charge in [0, 0.05) is 12.7 Å². The van der Waals surface area contributed by atoms with Gasteiger partial charge in [-0.05, 0) is 59.5 Å². The lowest BCUT2D eigenvalue weighted by Crippen LogP contribution is -2.00. The van der Waals surface area contributed by atoms with Crippen LogP contribution in [0.25, 0.3) is 0 Å². The smallest absolute Gasteiger partial charge is 0.214 e. The molecule has 4 heteroatoms. The molecule has 2 saturated carbocycles. The Morgan fingerprint density at radius 2 is 1.94 bits per heavy atom. The molecule has 0 unspecified atom stereocenters. The van der Waals surface area contributed by atoms with Crippen molar-refractivity contribution in [2.24, 2.45) is 11.8 Å². The molecule has 3 nitrogen and oxygen atoms in total. The maximum atomic E-state index is 8.21. The second-order valence-corrected chi connectivity index (χ2v) is 5.49. The molecule has 1 aromatic heterocycles. The van der Waals surface area contributed by atoms with E-state index in [4.69, 9.17) is 9.84 Å². The first-order valence-corrected chi connectivity index (χ1v) is 6.93. The lowest BCUT2D eigenvalue weighted by Gasteiger charge is -2.02. The number of aromatic nitrogens is 1. The molecule has 1 N–H and O–H groups in total. The lowest BCUT2D eigenvalue weighted by molar-refractivity contribution is 0.277. The predicted octanol–water partition coefficient (Wildman–Crippen LogP) is 3.02. The van der Waals surface area contributed by atoms with E-state index in [-0.39, 0.29) is 0 Å². The first-order chi connectivity index (χ1) is 8.28. The topological polar surface area (TPSA) is 42.4 Å². The van der Waals surface area contributed by atoms with Gasteiger partial charge in [0.2, 0.25) is 5.88 Å². The summed E-state index contributed by atoms with van der Waals surface area (Å²) >= 11 is 3.29. The van der Waals surface area contributed by atoms with Crippen molar-refractivity contribution < 1.29 is 9.84 Å². The Balaban J connectivity index is 0.000000181. The first kappa shape index (κ1) is 12.8. The fourth-order valence-corrected chi connectivity index (χ4v) is 1.59. The lowest BCUT2D eigenvalue weighted by atomic mass is 10.4. The standard InChI is InChI=1S/C9H10BrNO.C4H8O/c10-8-2-1-3-9(11-8)12-6-7-4-5-7;5-3-4-1-2-4/h1-3,7H,4-6H2;4-5H,1-3H2. The number of pyridine rings is 1. The number of ether oxygens (including phenoxy) is 1. The molecule has 0 bridgehead atoms. The molecule has 17 heavy (non-hydrogen) atoms. The van der Waals surface area contributed by atoms with Crippen molar-refractivity contribution in [2.45, 2.75) is 25.7 Å². The summed E-state index contributed by atoms with van der Waals surface area (Å²) in [5, 5.41) is 8.21. The van der Waals surface area contributed by atoms with Gasteiger partial charge in [0.1, 0.15) is 4.60 Å². The van der Waals surface area contributed by atoms with Crippen molar-refractivity contribution in [3.8, 4) is 5.88 Å². The molecule has 94 valence electrons. The van der Waals surface area contributed by atoms with Gasteiger partial charge in [0.15, 0.2) is 0 Å².